The van der Waals surface area contributed by atoms with E-state index in [0.29, 0.717) is 4.90 Å². The molecule has 0 aliphatic rings. The zero-order chi connectivity index (χ0) is 12.9. The smallest absolute Gasteiger partial charge is 0.178 e. The van der Waals surface area contributed by atoms with Gasteiger partial charge in [0.1, 0.15) is 0 Å². The first kappa shape index (κ1) is 14.2. The van der Waals surface area contributed by atoms with Crippen molar-refractivity contribution in [2.75, 3.05) is 19.3 Å². The maximum atomic E-state index is 12.0. The van der Waals surface area contributed by atoms with Crippen molar-refractivity contribution < 1.29 is 8.42 Å². The van der Waals surface area contributed by atoms with Gasteiger partial charge in [-0.3, -0.25) is 0 Å². The van der Waals surface area contributed by atoms with Crippen LogP contribution in [-0.2, 0) is 16.3 Å². The van der Waals surface area contributed by atoms with Gasteiger partial charge >= 0.3 is 0 Å². The van der Waals surface area contributed by atoms with Gasteiger partial charge in [-0.05, 0) is 43.6 Å². The molecule has 0 radical (unpaired) electrons. The van der Waals surface area contributed by atoms with Crippen LogP contribution in [0.25, 0.3) is 0 Å². The predicted octanol–water partition coefficient (Wildman–Crippen LogP) is 1.88. The summed E-state index contributed by atoms with van der Waals surface area (Å²) < 4.78 is 23.9. The molecule has 1 rings (SSSR count). The third-order valence-electron chi connectivity index (χ3n) is 2.50. The first-order chi connectivity index (χ1) is 7.95. The van der Waals surface area contributed by atoms with Crippen molar-refractivity contribution in [2.24, 2.45) is 5.92 Å². The number of hydrogen-bond acceptors (Lipinski definition) is 3. The highest BCUT2D eigenvalue weighted by atomic mass is 32.2. The molecule has 0 saturated carbocycles. The molecule has 4 heteroatoms. The fourth-order valence-electron chi connectivity index (χ4n) is 1.67. The quantitative estimate of drug-likeness (QED) is 0.844. The molecule has 0 aliphatic heterocycles. The summed E-state index contributed by atoms with van der Waals surface area (Å²) in [7, 11) is -1.21. The van der Waals surface area contributed by atoms with Crippen molar-refractivity contribution in [1.29, 1.82) is 0 Å². The van der Waals surface area contributed by atoms with E-state index in [0.717, 1.165) is 18.5 Å². The standard InChI is InChI=1S/C13H21NO2S/c1-11(2)10-17(15,16)13-6-4-12(5-7-13)8-9-14-3/h4-7,11,14H,8-10H2,1-3H3. The number of likely N-dealkylation sites (N-methyl/N-ethyl adjacent to an activating group) is 1. The van der Waals surface area contributed by atoms with Crippen molar-refractivity contribution in [1.82, 2.24) is 5.32 Å². The number of hydrogen-bond donors (Lipinski definition) is 1. The van der Waals surface area contributed by atoms with E-state index in [1.807, 2.05) is 33.0 Å². The van der Waals surface area contributed by atoms with Gasteiger partial charge in [-0.1, -0.05) is 26.0 Å². The lowest BCUT2D eigenvalue weighted by atomic mass is 10.1. The van der Waals surface area contributed by atoms with Crippen LogP contribution in [-0.4, -0.2) is 27.8 Å². The fourth-order valence-corrected chi connectivity index (χ4v) is 3.29. The second-order valence-electron chi connectivity index (χ2n) is 4.67. The second kappa shape index (κ2) is 6.17. The van der Waals surface area contributed by atoms with E-state index < -0.39 is 9.84 Å². The Morgan fingerprint density at radius 3 is 2.24 bits per heavy atom. The molecule has 1 aromatic rings. The van der Waals surface area contributed by atoms with Crippen LogP contribution in [0.4, 0.5) is 0 Å². The van der Waals surface area contributed by atoms with Crippen molar-refractivity contribution in [3.05, 3.63) is 29.8 Å². The minimum absolute atomic E-state index is 0.156. The van der Waals surface area contributed by atoms with E-state index in [1.54, 1.807) is 12.1 Å². The highest BCUT2D eigenvalue weighted by Crippen LogP contribution is 2.15. The van der Waals surface area contributed by atoms with Gasteiger partial charge in [-0.25, -0.2) is 8.42 Å². The Hall–Kier alpha value is -0.870. The summed E-state index contributed by atoms with van der Waals surface area (Å²) in [6.45, 7) is 4.73. The third kappa shape index (κ3) is 4.48. The maximum Gasteiger partial charge on any atom is 0.178 e. The molecule has 0 unspecified atom stereocenters. The molecule has 0 aromatic heterocycles. The van der Waals surface area contributed by atoms with Crippen LogP contribution in [0.3, 0.4) is 0 Å². The SMILES string of the molecule is CNCCc1ccc(S(=O)(=O)CC(C)C)cc1. The van der Waals surface area contributed by atoms with Gasteiger partial charge in [0.15, 0.2) is 9.84 Å². The molecule has 0 fully saturated rings. The predicted molar refractivity (Wildman–Crippen MR) is 71.0 cm³/mol. The normalized spacial score (nSPS) is 12.0. The molecule has 1 N–H and O–H groups in total. The third-order valence-corrected chi connectivity index (χ3v) is 4.59. The summed E-state index contributed by atoms with van der Waals surface area (Å²) in [6.07, 6.45) is 0.918. The first-order valence-corrected chi connectivity index (χ1v) is 7.57. The minimum atomic E-state index is -3.11. The van der Waals surface area contributed by atoms with Crippen LogP contribution in [0, 0.1) is 5.92 Å². The van der Waals surface area contributed by atoms with E-state index in [1.165, 1.54) is 0 Å². The van der Waals surface area contributed by atoms with E-state index in [-0.39, 0.29) is 11.7 Å². The summed E-state index contributed by atoms with van der Waals surface area (Å²) in [5, 5.41) is 3.07. The van der Waals surface area contributed by atoms with Crippen molar-refractivity contribution in [3.63, 3.8) is 0 Å². The molecular formula is C13H21NO2S. The highest BCUT2D eigenvalue weighted by Gasteiger charge is 2.15. The van der Waals surface area contributed by atoms with Crippen LogP contribution >= 0.6 is 0 Å². The molecule has 96 valence electrons. The average molecular weight is 255 g/mol. The van der Waals surface area contributed by atoms with E-state index >= 15 is 0 Å². The largest absolute Gasteiger partial charge is 0.319 e. The maximum absolute atomic E-state index is 12.0. The Bertz CT molecular complexity index is 435. The second-order valence-corrected chi connectivity index (χ2v) is 6.71. The molecule has 0 aliphatic carbocycles. The van der Waals surface area contributed by atoms with Crippen molar-refractivity contribution in [2.45, 2.75) is 25.2 Å². The van der Waals surface area contributed by atoms with Crippen molar-refractivity contribution >= 4 is 9.84 Å². The number of benzene rings is 1. The van der Waals surface area contributed by atoms with Gasteiger partial charge < -0.3 is 5.32 Å². The Kier molecular flexibility index (Phi) is 5.15. The van der Waals surface area contributed by atoms with Gasteiger partial charge in [0.25, 0.3) is 0 Å². The number of nitrogens with one attached hydrogen (secondary N) is 1. The lowest BCUT2D eigenvalue weighted by molar-refractivity contribution is 0.582. The van der Waals surface area contributed by atoms with Crippen LogP contribution in [0.5, 0.6) is 0 Å². The molecule has 17 heavy (non-hydrogen) atoms. The molecular weight excluding hydrogens is 234 g/mol. The van der Waals surface area contributed by atoms with Crippen LogP contribution in [0.2, 0.25) is 0 Å². The summed E-state index contributed by atoms with van der Waals surface area (Å²) in [5.74, 6) is 0.368. The van der Waals surface area contributed by atoms with Crippen LogP contribution in [0.15, 0.2) is 29.2 Å². The number of sulfone groups is 1. The summed E-state index contributed by atoms with van der Waals surface area (Å²) >= 11 is 0. The lowest BCUT2D eigenvalue weighted by Crippen LogP contribution is -2.12. The van der Waals surface area contributed by atoms with Gasteiger partial charge in [-0.2, -0.15) is 0 Å². The average Bonchev–Trinajstić information content (AvgIpc) is 2.25. The molecule has 0 heterocycles. The number of rotatable bonds is 6. The van der Waals surface area contributed by atoms with Gasteiger partial charge in [-0.15, -0.1) is 0 Å². The van der Waals surface area contributed by atoms with Crippen LogP contribution < -0.4 is 5.32 Å². The van der Waals surface area contributed by atoms with E-state index in [2.05, 4.69) is 5.32 Å². The topological polar surface area (TPSA) is 46.2 Å². The Morgan fingerprint density at radius 2 is 1.76 bits per heavy atom. The van der Waals surface area contributed by atoms with E-state index in [9.17, 15) is 8.42 Å². The van der Waals surface area contributed by atoms with Gasteiger partial charge in [0, 0.05) is 0 Å². The molecule has 0 amide bonds. The van der Waals surface area contributed by atoms with Crippen LogP contribution in [0.1, 0.15) is 19.4 Å². The molecule has 0 saturated heterocycles. The first-order valence-electron chi connectivity index (χ1n) is 5.92. The lowest BCUT2D eigenvalue weighted by Gasteiger charge is -2.08. The van der Waals surface area contributed by atoms with E-state index in [4.69, 9.17) is 0 Å². The Morgan fingerprint density at radius 1 is 1.18 bits per heavy atom. The molecule has 0 spiro atoms. The van der Waals surface area contributed by atoms with Gasteiger partial charge in [0.2, 0.25) is 0 Å². The zero-order valence-corrected chi connectivity index (χ0v) is 11.5. The summed E-state index contributed by atoms with van der Waals surface area (Å²) in [4.78, 5) is 0.430. The summed E-state index contributed by atoms with van der Waals surface area (Å²) in [6, 6.07) is 7.21. The molecule has 1 aromatic carbocycles. The monoisotopic (exact) mass is 255 g/mol. The molecule has 0 bridgehead atoms. The Balaban J connectivity index is 2.80. The Labute approximate surface area is 104 Å². The van der Waals surface area contributed by atoms with Gasteiger partial charge in [0.05, 0.1) is 10.6 Å². The molecule has 3 nitrogen and oxygen atoms in total. The zero-order valence-electron chi connectivity index (χ0n) is 10.7. The van der Waals surface area contributed by atoms with Crippen molar-refractivity contribution in [3.8, 4) is 0 Å². The summed E-state index contributed by atoms with van der Waals surface area (Å²) in [5.41, 5.74) is 1.16. The minimum Gasteiger partial charge on any atom is -0.319 e. The molecule has 0 atom stereocenters. The fraction of sp³-hybridized carbons (Fsp3) is 0.538. The highest BCUT2D eigenvalue weighted by molar-refractivity contribution is 7.91.